The maximum atomic E-state index is 12.9. The number of aryl methyl sites for hydroxylation is 1. The summed E-state index contributed by atoms with van der Waals surface area (Å²) in [5, 5.41) is 13.0. The standard InChI is InChI=1S/C23H16N2O6/c1-13-3-2-4-16(11-13)25-21(27)18(20(26)24-23(25)30)12-17-9-10-19(31-17)14-5-7-15(8-6-14)22(28)29/h2-12H,1H3,(H,28,29)(H,24,26,30)/p-1/b18-12+. The highest BCUT2D eigenvalue weighted by Crippen LogP contribution is 2.26. The van der Waals surface area contributed by atoms with Crippen LogP contribution in [0.2, 0.25) is 0 Å². The van der Waals surface area contributed by atoms with Crippen molar-refractivity contribution in [3.05, 3.63) is 83.1 Å². The molecule has 4 rings (SSSR count). The molecule has 0 aliphatic carbocycles. The van der Waals surface area contributed by atoms with E-state index in [1.807, 2.05) is 13.0 Å². The van der Waals surface area contributed by atoms with Crippen molar-refractivity contribution in [1.29, 1.82) is 0 Å². The number of carboxylic acid groups (broad SMARTS) is 1. The summed E-state index contributed by atoms with van der Waals surface area (Å²) in [4.78, 5) is 49.2. The Morgan fingerprint density at radius 2 is 1.77 bits per heavy atom. The summed E-state index contributed by atoms with van der Waals surface area (Å²) in [6.07, 6.45) is 1.26. The van der Waals surface area contributed by atoms with Gasteiger partial charge in [0.05, 0.1) is 11.7 Å². The molecule has 0 saturated carbocycles. The van der Waals surface area contributed by atoms with Crippen LogP contribution in [0, 0.1) is 6.92 Å². The zero-order valence-corrected chi connectivity index (χ0v) is 16.2. The maximum absolute atomic E-state index is 12.9. The zero-order valence-electron chi connectivity index (χ0n) is 16.2. The van der Waals surface area contributed by atoms with E-state index in [0.717, 1.165) is 10.5 Å². The summed E-state index contributed by atoms with van der Waals surface area (Å²) in [5.41, 5.74) is 1.57. The Bertz CT molecular complexity index is 1250. The molecule has 0 spiro atoms. The molecular weight excluding hydrogens is 400 g/mol. The largest absolute Gasteiger partial charge is 0.545 e. The maximum Gasteiger partial charge on any atom is 0.335 e. The number of imide groups is 2. The second-order valence-electron chi connectivity index (χ2n) is 6.86. The molecule has 1 aliphatic rings. The molecule has 1 aromatic heterocycles. The first kappa shape index (κ1) is 19.8. The molecule has 8 heteroatoms. The molecule has 31 heavy (non-hydrogen) atoms. The normalized spacial score (nSPS) is 15.3. The van der Waals surface area contributed by atoms with Crippen molar-refractivity contribution >= 4 is 35.6 Å². The first-order chi connectivity index (χ1) is 14.8. The number of hydrogen-bond acceptors (Lipinski definition) is 6. The summed E-state index contributed by atoms with van der Waals surface area (Å²) < 4.78 is 5.68. The third-order valence-corrected chi connectivity index (χ3v) is 4.68. The number of furan rings is 1. The number of aromatic carboxylic acids is 1. The number of carbonyl (C=O) groups excluding carboxylic acids is 4. The second-order valence-corrected chi connectivity index (χ2v) is 6.86. The van der Waals surface area contributed by atoms with Crippen LogP contribution in [-0.4, -0.2) is 23.8 Å². The highest BCUT2D eigenvalue weighted by atomic mass is 16.4. The molecule has 1 fully saturated rings. The van der Waals surface area contributed by atoms with Crippen LogP contribution in [0.1, 0.15) is 21.7 Å². The second kappa shape index (κ2) is 7.75. The number of nitrogens with zero attached hydrogens (tertiary/aromatic N) is 1. The van der Waals surface area contributed by atoms with Crippen LogP contribution < -0.4 is 15.3 Å². The van der Waals surface area contributed by atoms with Crippen molar-refractivity contribution in [2.45, 2.75) is 6.92 Å². The minimum Gasteiger partial charge on any atom is -0.545 e. The van der Waals surface area contributed by atoms with Gasteiger partial charge in [0.1, 0.15) is 17.1 Å². The number of benzene rings is 2. The minimum absolute atomic E-state index is 0.0306. The van der Waals surface area contributed by atoms with Crippen molar-refractivity contribution < 1.29 is 28.7 Å². The van der Waals surface area contributed by atoms with Gasteiger partial charge < -0.3 is 14.3 Å². The van der Waals surface area contributed by atoms with Gasteiger partial charge >= 0.3 is 6.03 Å². The van der Waals surface area contributed by atoms with E-state index in [4.69, 9.17) is 4.42 Å². The fraction of sp³-hybridized carbons (Fsp3) is 0.0435. The van der Waals surface area contributed by atoms with E-state index in [1.54, 1.807) is 42.5 Å². The van der Waals surface area contributed by atoms with Gasteiger partial charge in [0, 0.05) is 5.56 Å². The lowest BCUT2D eigenvalue weighted by molar-refractivity contribution is -0.255. The Morgan fingerprint density at radius 3 is 2.45 bits per heavy atom. The first-order valence-electron chi connectivity index (χ1n) is 9.23. The Morgan fingerprint density at radius 1 is 1.03 bits per heavy atom. The molecule has 3 aromatic rings. The topological polar surface area (TPSA) is 120 Å². The predicted molar refractivity (Wildman–Crippen MR) is 109 cm³/mol. The van der Waals surface area contributed by atoms with Crippen LogP contribution in [-0.2, 0) is 9.59 Å². The van der Waals surface area contributed by atoms with Crippen LogP contribution in [0.15, 0.2) is 70.7 Å². The van der Waals surface area contributed by atoms with Crippen molar-refractivity contribution in [1.82, 2.24) is 5.32 Å². The monoisotopic (exact) mass is 415 g/mol. The summed E-state index contributed by atoms with van der Waals surface area (Å²) in [7, 11) is 0. The molecule has 1 saturated heterocycles. The van der Waals surface area contributed by atoms with Gasteiger partial charge in [-0.05, 0) is 48.4 Å². The fourth-order valence-corrected chi connectivity index (χ4v) is 3.16. The minimum atomic E-state index is -1.29. The molecule has 1 aliphatic heterocycles. The lowest BCUT2D eigenvalue weighted by atomic mass is 10.1. The lowest BCUT2D eigenvalue weighted by Gasteiger charge is -2.26. The fourth-order valence-electron chi connectivity index (χ4n) is 3.16. The van der Waals surface area contributed by atoms with Gasteiger partial charge in [0.25, 0.3) is 11.8 Å². The molecule has 2 aromatic carbocycles. The first-order valence-corrected chi connectivity index (χ1v) is 9.23. The highest BCUT2D eigenvalue weighted by Gasteiger charge is 2.37. The van der Waals surface area contributed by atoms with E-state index < -0.39 is 23.8 Å². The van der Waals surface area contributed by atoms with Crippen molar-refractivity contribution in [3.8, 4) is 11.3 Å². The van der Waals surface area contributed by atoms with Crippen molar-refractivity contribution in [3.63, 3.8) is 0 Å². The summed E-state index contributed by atoms with van der Waals surface area (Å²) >= 11 is 0. The molecule has 154 valence electrons. The van der Waals surface area contributed by atoms with E-state index in [-0.39, 0.29) is 16.9 Å². The van der Waals surface area contributed by atoms with E-state index in [1.165, 1.54) is 18.2 Å². The van der Waals surface area contributed by atoms with E-state index in [9.17, 15) is 24.3 Å². The number of amides is 4. The van der Waals surface area contributed by atoms with Gasteiger partial charge in [-0.1, -0.05) is 36.4 Å². The molecule has 0 atom stereocenters. The van der Waals surface area contributed by atoms with Crippen LogP contribution in [0.25, 0.3) is 17.4 Å². The molecule has 1 N–H and O–H groups in total. The van der Waals surface area contributed by atoms with Gasteiger partial charge in [0.15, 0.2) is 0 Å². The molecular formula is C23H15N2O6-. The molecule has 4 amide bonds. The number of nitrogens with one attached hydrogen (secondary N) is 1. The molecule has 0 radical (unpaired) electrons. The smallest absolute Gasteiger partial charge is 0.335 e. The molecule has 2 heterocycles. The number of carboxylic acids is 1. The van der Waals surface area contributed by atoms with Gasteiger partial charge in [-0.25, -0.2) is 9.69 Å². The van der Waals surface area contributed by atoms with Crippen LogP contribution in [0.5, 0.6) is 0 Å². The van der Waals surface area contributed by atoms with Crippen LogP contribution in [0.4, 0.5) is 10.5 Å². The van der Waals surface area contributed by atoms with E-state index >= 15 is 0 Å². The number of urea groups is 1. The third-order valence-electron chi connectivity index (χ3n) is 4.68. The van der Waals surface area contributed by atoms with Crippen molar-refractivity contribution in [2.75, 3.05) is 4.90 Å². The summed E-state index contributed by atoms with van der Waals surface area (Å²) in [5.74, 6) is -2.25. The number of rotatable bonds is 4. The quantitative estimate of drug-likeness (QED) is 0.516. The Balaban J connectivity index is 1.64. The average molecular weight is 415 g/mol. The van der Waals surface area contributed by atoms with Gasteiger partial charge in [-0.15, -0.1) is 0 Å². The number of hydrogen-bond donors (Lipinski definition) is 1. The van der Waals surface area contributed by atoms with Gasteiger partial charge in [0.2, 0.25) is 0 Å². The number of barbiturate groups is 1. The lowest BCUT2D eigenvalue weighted by Crippen LogP contribution is -2.54. The summed E-state index contributed by atoms with van der Waals surface area (Å²) in [6, 6.07) is 15.0. The van der Waals surface area contributed by atoms with E-state index in [2.05, 4.69) is 5.32 Å². The van der Waals surface area contributed by atoms with Crippen LogP contribution in [0.3, 0.4) is 0 Å². The Labute approximate surface area is 176 Å². The van der Waals surface area contributed by atoms with Crippen molar-refractivity contribution in [2.24, 2.45) is 0 Å². The average Bonchev–Trinajstić information content (AvgIpc) is 3.20. The van der Waals surface area contributed by atoms with Gasteiger partial charge in [-0.2, -0.15) is 0 Å². The number of anilines is 1. The predicted octanol–water partition coefficient (Wildman–Crippen LogP) is 2.28. The highest BCUT2D eigenvalue weighted by molar-refractivity contribution is 6.39. The van der Waals surface area contributed by atoms with Gasteiger partial charge in [-0.3, -0.25) is 14.9 Å². The summed E-state index contributed by atoms with van der Waals surface area (Å²) in [6.45, 7) is 1.82. The SMILES string of the molecule is Cc1cccc(N2C(=O)NC(=O)/C(=C\c3ccc(-c4ccc(C(=O)[O-])cc4)o3)C2=O)c1. The van der Waals surface area contributed by atoms with Crippen LogP contribution >= 0.6 is 0 Å². The Hall–Kier alpha value is -4.46. The molecule has 0 bridgehead atoms. The molecule has 8 nitrogen and oxygen atoms in total. The number of carbonyl (C=O) groups is 4. The third kappa shape index (κ3) is 3.86. The molecule has 0 unspecified atom stereocenters. The van der Waals surface area contributed by atoms with E-state index in [0.29, 0.717) is 17.0 Å². The Kier molecular flexibility index (Phi) is 4.96. The zero-order chi connectivity index (χ0) is 22.1.